The lowest BCUT2D eigenvalue weighted by atomic mass is 10.1. The predicted molar refractivity (Wildman–Crippen MR) is 105 cm³/mol. The maximum Gasteiger partial charge on any atom is 0.205 e. The summed E-state index contributed by atoms with van der Waals surface area (Å²) in [5.41, 5.74) is 1.96. The standard InChI is InChI=1S/C19H19N3O4S/c1-20-19-22(16(11-27-19)15-7-5-13(23)8-17(15)24)21-10-12-4-6-14(25-2)9-18(12)26-3/h4-11,23-24H,1-3H3/b20-19?,21-10+. The van der Waals surface area contributed by atoms with Gasteiger partial charge < -0.3 is 19.7 Å². The highest BCUT2D eigenvalue weighted by atomic mass is 32.1. The molecule has 2 N–H and O–H groups in total. The van der Waals surface area contributed by atoms with Crippen molar-refractivity contribution in [2.45, 2.75) is 0 Å². The molecule has 0 bridgehead atoms. The van der Waals surface area contributed by atoms with E-state index in [1.165, 1.54) is 23.5 Å². The summed E-state index contributed by atoms with van der Waals surface area (Å²) in [4.78, 5) is 4.89. The molecule has 0 fully saturated rings. The summed E-state index contributed by atoms with van der Waals surface area (Å²) in [6.45, 7) is 0. The van der Waals surface area contributed by atoms with E-state index in [1.54, 1.807) is 44.3 Å². The second-order valence-electron chi connectivity index (χ2n) is 5.49. The lowest BCUT2D eigenvalue weighted by molar-refractivity contribution is 0.394. The van der Waals surface area contributed by atoms with Crippen LogP contribution in [0.5, 0.6) is 23.0 Å². The molecular weight excluding hydrogens is 366 g/mol. The summed E-state index contributed by atoms with van der Waals surface area (Å²) in [6.07, 6.45) is 1.65. The first-order valence-electron chi connectivity index (χ1n) is 7.99. The maximum absolute atomic E-state index is 10.2. The van der Waals surface area contributed by atoms with Gasteiger partial charge in [0.15, 0.2) is 0 Å². The normalized spacial score (nSPS) is 11.9. The van der Waals surface area contributed by atoms with E-state index < -0.39 is 0 Å². The van der Waals surface area contributed by atoms with E-state index in [9.17, 15) is 10.2 Å². The molecule has 140 valence electrons. The molecule has 3 rings (SSSR count). The van der Waals surface area contributed by atoms with Gasteiger partial charge >= 0.3 is 0 Å². The molecule has 0 aliphatic carbocycles. The van der Waals surface area contributed by atoms with Crippen LogP contribution in [-0.4, -0.2) is 42.4 Å². The number of thiazole rings is 1. The van der Waals surface area contributed by atoms with Crippen LogP contribution in [-0.2, 0) is 0 Å². The highest BCUT2D eigenvalue weighted by Crippen LogP contribution is 2.32. The first kappa shape index (κ1) is 18.5. The van der Waals surface area contributed by atoms with Gasteiger partial charge in [-0.3, -0.25) is 4.99 Å². The average molecular weight is 385 g/mol. The second-order valence-corrected chi connectivity index (χ2v) is 6.33. The number of hydrogen-bond acceptors (Lipinski definition) is 7. The van der Waals surface area contributed by atoms with E-state index in [2.05, 4.69) is 10.1 Å². The van der Waals surface area contributed by atoms with E-state index >= 15 is 0 Å². The SMILES string of the molecule is CN=c1scc(-c2ccc(O)cc2O)n1/N=C/c1ccc(OC)cc1OC. The van der Waals surface area contributed by atoms with E-state index in [4.69, 9.17) is 9.47 Å². The number of methoxy groups -OCH3 is 2. The molecule has 0 spiro atoms. The molecule has 0 atom stereocenters. The van der Waals surface area contributed by atoms with Crippen molar-refractivity contribution >= 4 is 17.6 Å². The van der Waals surface area contributed by atoms with Crippen molar-refractivity contribution in [2.75, 3.05) is 21.3 Å². The van der Waals surface area contributed by atoms with Gasteiger partial charge in [-0.25, -0.2) is 4.68 Å². The van der Waals surface area contributed by atoms with Crippen molar-refractivity contribution in [2.24, 2.45) is 10.1 Å². The van der Waals surface area contributed by atoms with Gasteiger partial charge in [0, 0.05) is 35.7 Å². The van der Waals surface area contributed by atoms with Gasteiger partial charge in [-0.2, -0.15) is 5.10 Å². The third-order valence-electron chi connectivity index (χ3n) is 3.89. The number of phenols is 2. The third-order valence-corrected chi connectivity index (χ3v) is 4.79. The number of phenolic OH excluding ortho intramolecular Hbond substituents is 2. The molecule has 0 aliphatic rings. The van der Waals surface area contributed by atoms with Crippen molar-refractivity contribution in [3.05, 3.63) is 52.1 Å². The largest absolute Gasteiger partial charge is 0.508 e. The van der Waals surface area contributed by atoms with Crippen molar-refractivity contribution in [3.63, 3.8) is 0 Å². The number of benzene rings is 2. The van der Waals surface area contributed by atoms with Gasteiger partial charge in [-0.15, -0.1) is 11.3 Å². The van der Waals surface area contributed by atoms with Crippen LogP contribution in [0.4, 0.5) is 0 Å². The Kier molecular flexibility index (Phi) is 5.46. The summed E-state index contributed by atoms with van der Waals surface area (Å²) in [5.74, 6) is 1.26. The quantitative estimate of drug-likeness (QED) is 0.661. The number of ether oxygens (including phenoxy) is 2. The molecular formula is C19H19N3O4S. The third kappa shape index (κ3) is 3.80. The first-order valence-corrected chi connectivity index (χ1v) is 8.87. The van der Waals surface area contributed by atoms with E-state index in [-0.39, 0.29) is 11.5 Å². The molecule has 0 saturated heterocycles. The molecule has 7 nitrogen and oxygen atoms in total. The van der Waals surface area contributed by atoms with Crippen LogP contribution >= 0.6 is 11.3 Å². The van der Waals surface area contributed by atoms with Gasteiger partial charge in [0.1, 0.15) is 23.0 Å². The Morgan fingerprint density at radius 2 is 1.89 bits per heavy atom. The topological polar surface area (TPSA) is 88.6 Å². The lowest BCUT2D eigenvalue weighted by Gasteiger charge is -2.08. The van der Waals surface area contributed by atoms with Crippen LogP contribution < -0.4 is 14.3 Å². The predicted octanol–water partition coefficient (Wildman–Crippen LogP) is 3.06. The van der Waals surface area contributed by atoms with Crippen molar-refractivity contribution in [3.8, 4) is 34.3 Å². The molecule has 0 amide bonds. The Labute approximate surface area is 160 Å². The fourth-order valence-corrected chi connectivity index (χ4v) is 3.32. The molecule has 0 unspecified atom stereocenters. The fourth-order valence-electron chi connectivity index (χ4n) is 2.53. The van der Waals surface area contributed by atoms with Gasteiger partial charge in [-0.1, -0.05) is 0 Å². The molecule has 2 aromatic carbocycles. The van der Waals surface area contributed by atoms with E-state index in [0.717, 1.165) is 5.56 Å². The van der Waals surface area contributed by atoms with Gasteiger partial charge in [0.25, 0.3) is 0 Å². The Bertz CT molecular complexity index is 1050. The summed E-state index contributed by atoms with van der Waals surface area (Å²) < 4.78 is 12.2. The number of nitrogens with zero attached hydrogens (tertiary/aromatic N) is 3. The van der Waals surface area contributed by atoms with Crippen molar-refractivity contribution < 1.29 is 19.7 Å². The number of aromatic hydroxyl groups is 2. The minimum Gasteiger partial charge on any atom is -0.508 e. The molecule has 8 heteroatoms. The Morgan fingerprint density at radius 1 is 1.07 bits per heavy atom. The number of hydrogen-bond donors (Lipinski definition) is 2. The number of rotatable bonds is 5. The van der Waals surface area contributed by atoms with Crippen molar-refractivity contribution in [1.29, 1.82) is 0 Å². The molecule has 0 radical (unpaired) electrons. The summed E-state index contributed by atoms with van der Waals surface area (Å²) in [5, 5.41) is 26.1. The molecule has 3 aromatic rings. The van der Waals surface area contributed by atoms with E-state index in [1.807, 2.05) is 17.5 Å². The second kappa shape index (κ2) is 7.96. The van der Waals surface area contributed by atoms with Crippen LogP contribution in [0.1, 0.15) is 5.56 Å². The zero-order valence-electron chi connectivity index (χ0n) is 15.1. The maximum atomic E-state index is 10.2. The van der Waals surface area contributed by atoms with Crippen LogP contribution in [0.2, 0.25) is 0 Å². The summed E-state index contributed by atoms with van der Waals surface area (Å²) >= 11 is 1.39. The lowest BCUT2D eigenvalue weighted by Crippen LogP contribution is -2.11. The Balaban J connectivity index is 2.08. The molecule has 0 saturated carbocycles. The summed E-state index contributed by atoms with van der Waals surface area (Å²) in [7, 11) is 4.85. The van der Waals surface area contributed by atoms with E-state index in [0.29, 0.717) is 27.6 Å². The smallest absolute Gasteiger partial charge is 0.205 e. The van der Waals surface area contributed by atoms with Crippen LogP contribution in [0.15, 0.2) is 51.9 Å². The highest BCUT2D eigenvalue weighted by Gasteiger charge is 2.12. The Morgan fingerprint density at radius 3 is 2.56 bits per heavy atom. The minimum atomic E-state index is -0.0403. The molecule has 1 aromatic heterocycles. The summed E-state index contributed by atoms with van der Waals surface area (Å²) in [6, 6.07) is 9.87. The van der Waals surface area contributed by atoms with Crippen LogP contribution in [0, 0.1) is 0 Å². The first-order chi connectivity index (χ1) is 13.1. The Hall–Kier alpha value is -3.26. The van der Waals surface area contributed by atoms with Gasteiger partial charge in [0.05, 0.1) is 26.1 Å². The number of aromatic nitrogens is 1. The average Bonchev–Trinajstić information content (AvgIpc) is 3.08. The minimum absolute atomic E-state index is 0.00935. The van der Waals surface area contributed by atoms with Crippen LogP contribution in [0.25, 0.3) is 11.3 Å². The zero-order chi connectivity index (χ0) is 19.4. The highest BCUT2D eigenvalue weighted by molar-refractivity contribution is 7.07. The zero-order valence-corrected chi connectivity index (χ0v) is 15.9. The van der Waals surface area contributed by atoms with Crippen LogP contribution in [0.3, 0.4) is 0 Å². The fraction of sp³-hybridized carbons (Fsp3) is 0.158. The molecule has 0 aliphatic heterocycles. The monoisotopic (exact) mass is 385 g/mol. The molecule has 1 heterocycles. The molecule has 27 heavy (non-hydrogen) atoms. The van der Waals surface area contributed by atoms with Gasteiger partial charge in [-0.05, 0) is 24.3 Å². The van der Waals surface area contributed by atoms with Crippen molar-refractivity contribution in [1.82, 2.24) is 4.68 Å². The van der Waals surface area contributed by atoms with Gasteiger partial charge in [0.2, 0.25) is 4.80 Å².